The summed E-state index contributed by atoms with van der Waals surface area (Å²) >= 11 is 0. The molecular weight excluding hydrogens is 653 g/mol. The van der Waals surface area contributed by atoms with Crippen molar-refractivity contribution < 1.29 is 0 Å². The quantitative estimate of drug-likeness (QED) is 0.160. The highest BCUT2D eigenvalue weighted by atomic mass is 15.2. The molecule has 0 saturated carbocycles. The fourth-order valence-electron chi connectivity index (χ4n) is 8.74. The molecule has 10 aromatic carbocycles. The maximum Gasteiger partial charge on any atom is 0.0569 e. The van der Waals surface area contributed by atoms with Crippen molar-refractivity contribution in [2.75, 3.05) is 9.80 Å². The van der Waals surface area contributed by atoms with Gasteiger partial charge in [0.15, 0.2) is 0 Å². The van der Waals surface area contributed by atoms with Gasteiger partial charge in [-0.15, -0.1) is 0 Å². The third kappa shape index (κ3) is 5.02. The van der Waals surface area contributed by atoms with Gasteiger partial charge in [0.05, 0.1) is 22.7 Å². The van der Waals surface area contributed by atoms with Gasteiger partial charge in [0.2, 0.25) is 0 Å². The molecule has 0 aliphatic rings. The molecule has 10 aromatic rings. The lowest BCUT2D eigenvalue weighted by Crippen LogP contribution is -2.13. The summed E-state index contributed by atoms with van der Waals surface area (Å²) in [5, 5.41) is 12.5. The number of fused-ring (bicyclic) bond motifs is 2. The molecule has 0 bridgehead atoms. The zero-order chi connectivity index (χ0) is 36.5. The van der Waals surface area contributed by atoms with Gasteiger partial charge >= 0.3 is 0 Å². The molecule has 258 valence electrons. The summed E-state index contributed by atoms with van der Waals surface area (Å²) in [5.74, 6) is 0. The van der Waals surface area contributed by atoms with E-state index in [1.165, 1.54) is 98.9 Å². The average Bonchev–Trinajstić information content (AvgIpc) is 3.20. The van der Waals surface area contributed by atoms with Crippen molar-refractivity contribution >= 4 is 88.0 Å². The van der Waals surface area contributed by atoms with Crippen LogP contribution in [-0.4, -0.2) is 0 Å². The summed E-state index contributed by atoms with van der Waals surface area (Å²) in [6.45, 7) is 8.85. The predicted molar refractivity (Wildman–Crippen MR) is 233 cm³/mol. The minimum Gasteiger partial charge on any atom is -0.309 e. The van der Waals surface area contributed by atoms with E-state index in [2.05, 4.69) is 207 Å². The number of benzene rings is 10. The highest BCUT2D eigenvalue weighted by Gasteiger charge is 2.24. The van der Waals surface area contributed by atoms with E-state index in [0.717, 1.165) is 11.4 Å². The molecule has 0 saturated heterocycles. The second-order valence-corrected chi connectivity index (χ2v) is 14.8. The molecule has 54 heavy (non-hydrogen) atoms. The zero-order valence-corrected chi connectivity index (χ0v) is 31.1. The van der Waals surface area contributed by atoms with Gasteiger partial charge in [0.25, 0.3) is 0 Å². The third-order valence-corrected chi connectivity index (χ3v) is 11.3. The molecule has 0 aliphatic carbocycles. The summed E-state index contributed by atoms with van der Waals surface area (Å²) in [4.78, 5) is 4.98. The van der Waals surface area contributed by atoms with Crippen LogP contribution < -0.4 is 9.80 Å². The predicted octanol–water partition coefficient (Wildman–Crippen LogP) is 15.1. The molecule has 0 amide bonds. The van der Waals surface area contributed by atoms with E-state index in [-0.39, 0.29) is 0 Å². The van der Waals surface area contributed by atoms with Gasteiger partial charge in [0.1, 0.15) is 0 Å². The molecule has 2 heteroatoms. The first kappa shape index (κ1) is 32.0. The summed E-state index contributed by atoms with van der Waals surface area (Å²) in [7, 11) is 0. The first-order chi connectivity index (χ1) is 26.4. The lowest BCUT2D eigenvalue weighted by molar-refractivity contribution is 1.28. The van der Waals surface area contributed by atoms with Gasteiger partial charge in [-0.05, 0) is 120 Å². The van der Waals surface area contributed by atoms with Crippen LogP contribution in [0.5, 0.6) is 0 Å². The largest absolute Gasteiger partial charge is 0.309 e. The van der Waals surface area contributed by atoms with E-state index in [0.29, 0.717) is 0 Å². The molecule has 0 unspecified atom stereocenters. The van der Waals surface area contributed by atoms with E-state index in [1.54, 1.807) is 0 Å². The van der Waals surface area contributed by atoms with E-state index >= 15 is 0 Å². The van der Waals surface area contributed by atoms with Crippen molar-refractivity contribution in [2.45, 2.75) is 27.7 Å². The van der Waals surface area contributed by atoms with Crippen LogP contribution in [0.25, 0.3) is 53.9 Å². The highest BCUT2D eigenvalue weighted by molar-refractivity contribution is 6.28. The molecule has 10 rings (SSSR count). The topological polar surface area (TPSA) is 6.48 Å². The first-order valence-electron chi connectivity index (χ1n) is 18.9. The zero-order valence-electron chi connectivity index (χ0n) is 31.1. The van der Waals surface area contributed by atoms with Gasteiger partial charge < -0.3 is 9.80 Å². The van der Waals surface area contributed by atoms with Crippen LogP contribution in [0.3, 0.4) is 0 Å². The second-order valence-electron chi connectivity index (χ2n) is 14.8. The van der Waals surface area contributed by atoms with Crippen LogP contribution >= 0.6 is 0 Å². The summed E-state index contributed by atoms with van der Waals surface area (Å²) < 4.78 is 0. The Bertz CT molecular complexity index is 2820. The Hall–Kier alpha value is -6.64. The Morgan fingerprint density at radius 2 is 0.685 bits per heavy atom. The molecule has 0 spiro atoms. The van der Waals surface area contributed by atoms with Gasteiger partial charge in [-0.1, -0.05) is 132 Å². The number of rotatable bonds is 6. The highest BCUT2D eigenvalue weighted by Crippen LogP contribution is 2.50. The van der Waals surface area contributed by atoms with Crippen LogP contribution in [0.1, 0.15) is 22.3 Å². The van der Waals surface area contributed by atoms with Crippen LogP contribution in [-0.2, 0) is 0 Å². The van der Waals surface area contributed by atoms with Crippen molar-refractivity contribution in [3.05, 3.63) is 192 Å². The lowest BCUT2D eigenvalue weighted by Gasteiger charge is -2.31. The third-order valence-electron chi connectivity index (χ3n) is 11.3. The normalized spacial score (nSPS) is 11.7. The Morgan fingerprint density at radius 3 is 1.11 bits per heavy atom. The molecule has 2 nitrogen and oxygen atoms in total. The second kappa shape index (κ2) is 12.5. The maximum atomic E-state index is 2.49. The number of anilines is 6. The van der Waals surface area contributed by atoms with Crippen molar-refractivity contribution in [3.8, 4) is 0 Å². The minimum atomic E-state index is 1.14. The van der Waals surface area contributed by atoms with Gasteiger partial charge in [-0.3, -0.25) is 0 Å². The SMILES string of the molecule is Cc1ccc2ccc(C)c(N(c3ccccc3)c3ccc4ccc5c(N(c6ccccc6)c6c(C)ccc7ccc(C)cc67)ccc6ccc3c4c65)c2c1. The average molecular weight is 693 g/mol. The first-order valence-corrected chi connectivity index (χ1v) is 18.9. The van der Waals surface area contributed by atoms with E-state index < -0.39 is 0 Å². The van der Waals surface area contributed by atoms with Gasteiger partial charge in [-0.25, -0.2) is 0 Å². The standard InChI is InChI=1S/C52H40N2/c1-33-15-19-37-21-17-35(3)51(45(37)31-33)53(41-11-7-5-8-12-41)47-29-25-39-24-28-44-48(30-26-40-23-27-43(47)49(39)50(40)44)54(42-13-9-6-10-14-42)52-36(4)18-22-38-20-16-34(2)32-46(38)52/h5-32H,1-4H3. The Morgan fingerprint density at radius 1 is 0.315 bits per heavy atom. The fraction of sp³-hybridized carbons (Fsp3) is 0.0769. The van der Waals surface area contributed by atoms with Crippen LogP contribution in [0, 0.1) is 27.7 Å². The Kier molecular flexibility index (Phi) is 7.42. The number of hydrogen-bond donors (Lipinski definition) is 0. The molecular formula is C52H40N2. The Balaban J connectivity index is 1.28. The van der Waals surface area contributed by atoms with E-state index in [9.17, 15) is 0 Å². The van der Waals surface area contributed by atoms with Crippen molar-refractivity contribution in [1.29, 1.82) is 0 Å². The minimum absolute atomic E-state index is 1.14. The van der Waals surface area contributed by atoms with E-state index in [4.69, 9.17) is 0 Å². The molecule has 0 radical (unpaired) electrons. The van der Waals surface area contributed by atoms with E-state index in [1.807, 2.05) is 0 Å². The van der Waals surface area contributed by atoms with Crippen molar-refractivity contribution in [3.63, 3.8) is 0 Å². The van der Waals surface area contributed by atoms with Crippen molar-refractivity contribution in [1.82, 2.24) is 0 Å². The lowest BCUT2D eigenvalue weighted by atomic mass is 9.91. The molecule has 0 aliphatic heterocycles. The fourth-order valence-corrected chi connectivity index (χ4v) is 8.74. The van der Waals surface area contributed by atoms with Gasteiger partial charge in [0, 0.05) is 32.9 Å². The number of nitrogens with zero attached hydrogens (tertiary/aromatic N) is 2. The van der Waals surface area contributed by atoms with Crippen LogP contribution in [0.4, 0.5) is 34.1 Å². The molecule has 0 fully saturated rings. The Labute approximate surface area is 316 Å². The number of aryl methyl sites for hydroxylation is 4. The summed E-state index contributed by atoms with van der Waals surface area (Å²) in [6, 6.07) is 62.9. The van der Waals surface area contributed by atoms with Gasteiger partial charge in [-0.2, -0.15) is 0 Å². The number of hydrogen-bond acceptors (Lipinski definition) is 2. The summed E-state index contributed by atoms with van der Waals surface area (Å²) in [5.41, 5.74) is 12.1. The smallest absolute Gasteiger partial charge is 0.0569 e. The monoisotopic (exact) mass is 692 g/mol. The van der Waals surface area contributed by atoms with Crippen LogP contribution in [0.2, 0.25) is 0 Å². The maximum absolute atomic E-state index is 2.49. The summed E-state index contributed by atoms with van der Waals surface area (Å²) in [6.07, 6.45) is 0. The molecule has 0 atom stereocenters. The van der Waals surface area contributed by atoms with Crippen molar-refractivity contribution in [2.24, 2.45) is 0 Å². The van der Waals surface area contributed by atoms with Crippen LogP contribution in [0.15, 0.2) is 170 Å². The molecule has 0 aromatic heterocycles. The molecule has 0 heterocycles. The molecule has 0 N–H and O–H groups in total. The number of para-hydroxylation sites is 2.